The number of furan rings is 1. The molecule has 0 saturated heterocycles. The molecule has 1 heterocycles. The van der Waals surface area contributed by atoms with Crippen LogP contribution in [0, 0.1) is 5.92 Å². The van der Waals surface area contributed by atoms with Crippen LogP contribution in [0.3, 0.4) is 0 Å². The van der Waals surface area contributed by atoms with Gasteiger partial charge in [-0.3, -0.25) is 0 Å². The lowest BCUT2D eigenvalue weighted by molar-refractivity contribution is 0.00488. The second-order valence-corrected chi connectivity index (χ2v) is 3.49. The zero-order valence-corrected chi connectivity index (χ0v) is 7.08. The minimum absolute atomic E-state index is 0.164. The summed E-state index contributed by atoms with van der Waals surface area (Å²) in [5.74, 6) is 1.05. The lowest BCUT2D eigenvalue weighted by Gasteiger charge is -2.25. The third-order valence-corrected chi connectivity index (χ3v) is 2.83. The molecule has 3 nitrogen and oxygen atoms in total. The van der Waals surface area contributed by atoms with Gasteiger partial charge in [-0.15, -0.1) is 0 Å². The summed E-state index contributed by atoms with van der Waals surface area (Å²) in [7, 11) is 0. The fraction of sp³-hybridized carbons (Fsp3) is 0.556. The van der Waals surface area contributed by atoms with Crippen LogP contribution in [0.25, 0.3) is 0 Å². The minimum atomic E-state index is -0.859. The Morgan fingerprint density at radius 3 is 3.25 bits per heavy atom. The van der Waals surface area contributed by atoms with Crippen LogP contribution in [0.1, 0.15) is 18.2 Å². The highest BCUT2D eigenvalue weighted by Crippen LogP contribution is 2.40. The normalized spacial score (nSPS) is 33.8. The first kappa shape index (κ1) is 7.83. The highest BCUT2D eigenvalue weighted by atomic mass is 16.3. The Hall–Kier alpha value is -0.800. The summed E-state index contributed by atoms with van der Waals surface area (Å²) in [6.07, 6.45) is 2.40. The first-order valence-corrected chi connectivity index (χ1v) is 4.18. The molecule has 3 heteroatoms. The van der Waals surface area contributed by atoms with Crippen molar-refractivity contribution in [3.63, 3.8) is 0 Å². The molecule has 1 aliphatic carbocycles. The van der Waals surface area contributed by atoms with Gasteiger partial charge in [0.2, 0.25) is 0 Å². The second-order valence-electron chi connectivity index (χ2n) is 3.49. The summed E-state index contributed by atoms with van der Waals surface area (Å²) in [6, 6.07) is 1.81. The third kappa shape index (κ3) is 0.778. The van der Waals surface area contributed by atoms with Gasteiger partial charge in [0.05, 0.1) is 6.26 Å². The number of aliphatic hydroxyl groups is 1. The van der Waals surface area contributed by atoms with E-state index in [-0.39, 0.29) is 12.5 Å². The van der Waals surface area contributed by atoms with Gasteiger partial charge in [0.1, 0.15) is 11.4 Å². The first-order chi connectivity index (χ1) is 5.68. The van der Waals surface area contributed by atoms with Crippen LogP contribution in [-0.4, -0.2) is 11.7 Å². The standard InChI is InChI=1S/C9H13NO2/c1-6-4-8-7(2-3-12-8)9(6,11)5-10/h2-3,6,11H,4-5,10H2,1H3. The lowest BCUT2D eigenvalue weighted by Crippen LogP contribution is -2.37. The molecule has 0 aromatic carbocycles. The van der Waals surface area contributed by atoms with Crippen molar-refractivity contribution in [2.75, 3.05) is 6.54 Å². The molecule has 0 bridgehead atoms. The largest absolute Gasteiger partial charge is 0.469 e. The molecule has 1 aromatic rings. The van der Waals surface area contributed by atoms with Crippen molar-refractivity contribution in [3.05, 3.63) is 23.7 Å². The molecule has 0 amide bonds. The van der Waals surface area contributed by atoms with E-state index in [1.807, 2.05) is 13.0 Å². The summed E-state index contributed by atoms with van der Waals surface area (Å²) >= 11 is 0. The Bertz CT molecular complexity index is 294. The molecule has 2 unspecified atom stereocenters. The van der Waals surface area contributed by atoms with Crippen molar-refractivity contribution in [2.45, 2.75) is 18.9 Å². The summed E-state index contributed by atoms with van der Waals surface area (Å²) in [6.45, 7) is 2.25. The average molecular weight is 167 g/mol. The molecule has 0 radical (unpaired) electrons. The van der Waals surface area contributed by atoms with Crippen LogP contribution in [0.5, 0.6) is 0 Å². The van der Waals surface area contributed by atoms with Gasteiger partial charge in [0.25, 0.3) is 0 Å². The van der Waals surface area contributed by atoms with Crippen molar-refractivity contribution in [3.8, 4) is 0 Å². The molecule has 0 aliphatic heterocycles. The molecule has 2 atom stereocenters. The van der Waals surface area contributed by atoms with Crippen LogP contribution in [0.15, 0.2) is 16.7 Å². The van der Waals surface area contributed by atoms with Crippen molar-refractivity contribution >= 4 is 0 Å². The average Bonchev–Trinajstić information content (AvgIpc) is 2.57. The summed E-state index contributed by atoms with van der Waals surface area (Å²) in [5, 5.41) is 10.1. The zero-order valence-electron chi connectivity index (χ0n) is 7.08. The van der Waals surface area contributed by atoms with Crippen LogP contribution >= 0.6 is 0 Å². The number of nitrogens with two attached hydrogens (primary N) is 1. The van der Waals surface area contributed by atoms with Crippen LogP contribution in [0.4, 0.5) is 0 Å². The first-order valence-electron chi connectivity index (χ1n) is 4.18. The van der Waals surface area contributed by atoms with Crippen molar-refractivity contribution in [2.24, 2.45) is 11.7 Å². The summed E-state index contributed by atoms with van der Waals surface area (Å²) in [4.78, 5) is 0. The number of rotatable bonds is 1. The van der Waals surface area contributed by atoms with E-state index >= 15 is 0 Å². The highest BCUT2D eigenvalue weighted by molar-refractivity contribution is 5.32. The van der Waals surface area contributed by atoms with E-state index in [0.29, 0.717) is 0 Å². The maximum atomic E-state index is 10.1. The monoisotopic (exact) mass is 167 g/mol. The molecule has 3 N–H and O–H groups in total. The number of fused-ring (bicyclic) bond motifs is 1. The van der Waals surface area contributed by atoms with E-state index in [0.717, 1.165) is 17.7 Å². The Morgan fingerprint density at radius 2 is 2.58 bits per heavy atom. The molecular formula is C9H13NO2. The smallest absolute Gasteiger partial charge is 0.110 e. The molecule has 2 rings (SSSR count). The van der Waals surface area contributed by atoms with Gasteiger partial charge in [0, 0.05) is 18.5 Å². The SMILES string of the molecule is CC1Cc2occc2C1(O)CN. The van der Waals surface area contributed by atoms with Crippen molar-refractivity contribution in [1.29, 1.82) is 0 Å². The molecule has 12 heavy (non-hydrogen) atoms. The van der Waals surface area contributed by atoms with E-state index in [9.17, 15) is 5.11 Å². The van der Waals surface area contributed by atoms with Gasteiger partial charge in [0.15, 0.2) is 0 Å². The van der Waals surface area contributed by atoms with Gasteiger partial charge in [-0.2, -0.15) is 0 Å². The fourth-order valence-electron chi connectivity index (χ4n) is 1.91. The Morgan fingerprint density at radius 1 is 1.83 bits per heavy atom. The third-order valence-electron chi connectivity index (χ3n) is 2.83. The molecule has 1 aliphatic rings. The van der Waals surface area contributed by atoms with Crippen LogP contribution in [-0.2, 0) is 12.0 Å². The fourth-order valence-corrected chi connectivity index (χ4v) is 1.91. The molecule has 66 valence electrons. The van der Waals surface area contributed by atoms with Crippen LogP contribution in [0.2, 0.25) is 0 Å². The predicted octanol–water partition coefficient (Wildman–Crippen LogP) is 0.618. The number of hydrogen-bond acceptors (Lipinski definition) is 3. The Balaban J connectivity index is 2.48. The predicted molar refractivity (Wildman–Crippen MR) is 44.5 cm³/mol. The quantitative estimate of drug-likeness (QED) is 0.644. The van der Waals surface area contributed by atoms with Gasteiger partial charge in [-0.25, -0.2) is 0 Å². The van der Waals surface area contributed by atoms with E-state index in [1.54, 1.807) is 6.26 Å². The lowest BCUT2D eigenvalue weighted by atomic mass is 9.89. The molecule has 0 spiro atoms. The molecule has 1 aromatic heterocycles. The summed E-state index contributed by atoms with van der Waals surface area (Å²) in [5.41, 5.74) is 5.55. The summed E-state index contributed by atoms with van der Waals surface area (Å²) < 4.78 is 5.23. The van der Waals surface area contributed by atoms with Gasteiger partial charge in [-0.05, 0) is 12.0 Å². The Labute approximate surface area is 71.2 Å². The van der Waals surface area contributed by atoms with Gasteiger partial charge >= 0.3 is 0 Å². The second kappa shape index (κ2) is 2.34. The topological polar surface area (TPSA) is 59.4 Å². The highest BCUT2D eigenvalue weighted by Gasteiger charge is 2.43. The van der Waals surface area contributed by atoms with E-state index in [1.165, 1.54) is 0 Å². The van der Waals surface area contributed by atoms with Crippen molar-refractivity contribution in [1.82, 2.24) is 0 Å². The van der Waals surface area contributed by atoms with E-state index in [2.05, 4.69) is 0 Å². The molecular weight excluding hydrogens is 154 g/mol. The van der Waals surface area contributed by atoms with Gasteiger partial charge < -0.3 is 15.3 Å². The minimum Gasteiger partial charge on any atom is -0.469 e. The molecule has 0 fully saturated rings. The maximum Gasteiger partial charge on any atom is 0.110 e. The maximum absolute atomic E-state index is 10.1. The number of hydrogen-bond donors (Lipinski definition) is 2. The van der Waals surface area contributed by atoms with Gasteiger partial charge in [-0.1, -0.05) is 6.92 Å². The van der Waals surface area contributed by atoms with Crippen LogP contribution < -0.4 is 5.73 Å². The van der Waals surface area contributed by atoms with E-state index < -0.39 is 5.60 Å². The zero-order chi connectivity index (χ0) is 8.77. The Kier molecular flexibility index (Phi) is 1.53. The van der Waals surface area contributed by atoms with Crippen molar-refractivity contribution < 1.29 is 9.52 Å². The molecule has 0 saturated carbocycles. The van der Waals surface area contributed by atoms with E-state index in [4.69, 9.17) is 10.2 Å².